The van der Waals surface area contributed by atoms with Crippen molar-refractivity contribution in [2.45, 2.75) is 18.2 Å². The quantitative estimate of drug-likeness (QED) is 0.766. The molecule has 3 heteroatoms. The number of rotatable bonds is 2. The van der Waals surface area contributed by atoms with Gasteiger partial charge in [-0.2, -0.15) is 0 Å². The van der Waals surface area contributed by atoms with Crippen LogP contribution in [0.15, 0.2) is 47.4 Å². The molecule has 0 saturated heterocycles. The van der Waals surface area contributed by atoms with E-state index in [1.54, 1.807) is 11.8 Å². The third-order valence-corrected chi connectivity index (χ3v) is 4.52. The van der Waals surface area contributed by atoms with Gasteiger partial charge in [0.05, 0.1) is 5.69 Å². The number of carbonyl (C=O) groups excluding carboxylic acids is 1. The van der Waals surface area contributed by atoms with Gasteiger partial charge in [0.2, 0.25) is 0 Å². The molecule has 20 heavy (non-hydrogen) atoms. The Kier molecular flexibility index (Phi) is 3.53. The molecule has 0 aromatic heterocycles. The number of Topliss-reactive ketones (excluding diaryl/α,β-unsaturated/α-hetero) is 1. The van der Waals surface area contributed by atoms with Gasteiger partial charge in [-0.25, -0.2) is 0 Å². The van der Waals surface area contributed by atoms with Crippen molar-refractivity contribution >= 4 is 28.9 Å². The Labute approximate surface area is 123 Å². The van der Waals surface area contributed by atoms with Gasteiger partial charge >= 0.3 is 0 Å². The van der Waals surface area contributed by atoms with Crippen LogP contribution in [-0.4, -0.2) is 18.6 Å². The van der Waals surface area contributed by atoms with E-state index in [2.05, 4.69) is 30.0 Å². The number of fused-ring (bicyclic) bond motifs is 2. The molecular weight excluding hydrogens is 266 g/mol. The molecule has 2 aromatic carbocycles. The summed E-state index contributed by atoms with van der Waals surface area (Å²) in [6, 6.07) is 14.3. The topological polar surface area (TPSA) is 20.3 Å². The third kappa shape index (κ3) is 2.22. The molecule has 0 bridgehead atoms. The summed E-state index contributed by atoms with van der Waals surface area (Å²) in [5.74, 6) is 1.22. The maximum Gasteiger partial charge on any atom is 0.169 e. The van der Waals surface area contributed by atoms with Gasteiger partial charge < -0.3 is 4.90 Å². The van der Waals surface area contributed by atoms with Crippen LogP contribution in [0.2, 0.25) is 0 Å². The first kappa shape index (κ1) is 13.3. The number of benzene rings is 2. The Morgan fingerprint density at radius 3 is 2.75 bits per heavy atom. The van der Waals surface area contributed by atoms with Gasteiger partial charge in [0.15, 0.2) is 5.78 Å². The molecule has 0 amide bonds. The van der Waals surface area contributed by atoms with Crippen LogP contribution >= 0.6 is 11.8 Å². The average molecular weight is 283 g/mol. The van der Waals surface area contributed by atoms with Crippen LogP contribution in [0.5, 0.6) is 0 Å². The maximum absolute atomic E-state index is 12.5. The van der Waals surface area contributed by atoms with Crippen molar-refractivity contribution < 1.29 is 4.79 Å². The van der Waals surface area contributed by atoms with Crippen molar-refractivity contribution in [3.8, 4) is 0 Å². The molecule has 1 aliphatic rings. The number of anilines is 2. The van der Waals surface area contributed by atoms with Crippen LogP contribution in [0, 0.1) is 0 Å². The van der Waals surface area contributed by atoms with Gasteiger partial charge in [0, 0.05) is 29.6 Å². The Morgan fingerprint density at radius 2 is 1.95 bits per heavy atom. The fraction of sp³-hybridized carbons (Fsp3) is 0.235. The number of hydrogen-bond donors (Lipinski definition) is 0. The van der Waals surface area contributed by atoms with Crippen LogP contribution in [0.4, 0.5) is 11.4 Å². The summed E-state index contributed by atoms with van der Waals surface area (Å²) in [6.07, 6.45) is 0.480. The molecule has 0 aliphatic carbocycles. The second-order valence-electron chi connectivity index (χ2n) is 4.90. The zero-order valence-corrected chi connectivity index (χ0v) is 12.5. The molecule has 0 saturated carbocycles. The average Bonchev–Trinajstić information content (AvgIpc) is 2.56. The van der Waals surface area contributed by atoms with Crippen LogP contribution in [-0.2, 0) is 6.42 Å². The summed E-state index contributed by atoms with van der Waals surface area (Å²) in [7, 11) is 2.03. The highest BCUT2D eigenvalue weighted by molar-refractivity contribution is 7.99. The van der Waals surface area contributed by atoms with Gasteiger partial charge in [-0.3, -0.25) is 4.79 Å². The van der Waals surface area contributed by atoms with Crippen LogP contribution in [0.1, 0.15) is 22.8 Å². The van der Waals surface area contributed by atoms with Gasteiger partial charge in [-0.15, -0.1) is 11.8 Å². The van der Waals surface area contributed by atoms with Crippen LogP contribution in [0.3, 0.4) is 0 Å². The summed E-state index contributed by atoms with van der Waals surface area (Å²) in [4.78, 5) is 15.8. The maximum atomic E-state index is 12.5. The first-order valence-corrected chi connectivity index (χ1v) is 7.81. The highest BCUT2D eigenvalue weighted by atomic mass is 32.2. The molecule has 2 nitrogen and oxygen atoms in total. The standard InChI is InChI=1S/C17H17NOS/c1-3-20-13-8-9-16-14(11-13)17(19)10-12-6-4-5-7-15(12)18(16)2/h4-9,11H,3,10H2,1-2H3. The molecule has 2 aromatic rings. The highest BCUT2D eigenvalue weighted by Gasteiger charge is 2.23. The molecule has 0 spiro atoms. The van der Waals surface area contributed by atoms with E-state index in [-0.39, 0.29) is 5.78 Å². The molecule has 0 atom stereocenters. The minimum absolute atomic E-state index is 0.204. The lowest BCUT2D eigenvalue weighted by molar-refractivity contribution is 0.0994. The second kappa shape index (κ2) is 5.33. The van der Waals surface area contributed by atoms with E-state index in [0.717, 1.165) is 28.3 Å². The third-order valence-electron chi connectivity index (χ3n) is 3.64. The number of carbonyl (C=O) groups is 1. The molecule has 1 aliphatic heterocycles. The summed E-state index contributed by atoms with van der Waals surface area (Å²) >= 11 is 1.77. The van der Waals surface area contributed by atoms with Crippen molar-refractivity contribution in [1.29, 1.82) is 0 Å². The van der Waals surface area contributed by atoms with E-state index in [1.165, 1.54) is 4.90 Å². The van der Waals surface area contributed by atoms with Crippen molar-refractivity contribution in [2.24, 2.45) is 0 Å². The number of thioether (sulfide) groups is 1. The summed E-state index contributed by atoms with van der Waals surface area (Å²) in [6.45, 7) is 2.13. The normalized spacial score (nSPS) is 13.7. The molecular formula is C17H17NOS. The monoisotopic (exact) mass is 283 g/mol. The minimum atomic E-state index is 0.204. The Balaban J connectivity index is 2.13. The van der Waals surface area contributed by atoms with E-state index in [1.807, 2.05) is 31.3 Å². The molecule has 102 valence electrons. The highest BCUT2D eigenvalue weighted by Crippen LogP contribution is 2.36. The van der Waals surface area contributed by atoms with Crippen molar-refractivity contribution in [1.82, 2.24) is 0 Å². The lowest BCUT2D eigenvalue weighted by Gasteiger charge is -2.21. The Morgan fingerprint density at radius 1 is 1.15 bits per heavy atom. The number of para-hydroxylation sites is 1. The van der Waals surface area contributed by atoms with E-state index in [9.17, 15) is 4.79 Å². The zero-order valence-electron chi connectivity index (χ0n) is 11.7. The lowest BCUT2D eigenvalue weighted by Crippen LogP contribution is -2.11. The SMILES string of the molecule is CCSc1ccc2c(c1)C(=O)Cc1ccccc1N2C. The van der Waals surface area contributed by atoms with E-state index < -0.39 is 0 Å². The van der Waals surface area contributed by atoms with Crippen molar-refractivity contribution in [3.63, 3.8) is 0 Å². The predicted molar refractivity (Wildman–Crippen MR) is 85.4 cm³/mol. The van der Waals surface area contributed by atoms with Gasteiger partial charge in [-0.05, 0) is 35.6 Å². The first-order valence-electron chi connectivity index (χ1n) is 6.82. The van der Waals surface area contributed by atoms with E-state index in [4.69, 9.17) is 0 Å². The fourth-order valence-electron chi connectivity index (χ4n) is 2.67. The number of hydrogen-bond acceptors (Lipinski definition) is 3. The van der Waals surface area contributed by atoms with Crippen molar-refractivity contribution in [3.05, 3.63) is 53.6 Å². The summed E-state index contributed by atoms with van der Waals surface area (Å²) in [5.41, 5.74) is 4.05. The molecule has 3 rings (SSSR count). The molecule has 0 radical (unpaired) electrons. The number of ketones is 1. The van der Waals surface area contributed by atoms with Crippen LogP contribution in [0.25, 0.3) is 0 Å². The summed E-state index contributed by atoms with van der Waals surface area (Å²) < 4.78 is 0. The molecule has 1 heterocycles. The Hall–Kier alpha value is -1.74. The smallest absolute Gasteiger partial charge is 0.169 e. The lowest BCUT2D eigenvalue weighted by atomic mass is 10.0. The summed E-state index contributed by atoms with van der Waals surface area (Å²) in [5, 5.41) is 0. The van der Waals surface area contributed by atoms with Gasteiger partial charge in [-0.1, -0.05) is 25.1 Å². The Bertz CT molecular complexity index is 666. The predicted octanol–water partition coefficient (Wildman–Crippen LogP) is 4.31. The van der Waals surface area contributed by atoms with Crippen molar-refractivity contribution in [2.75, 3.05) is 17.7 Å². The van der Waals surface area contributed by atoms with E-state index >= 15 is 0 Å². The second-order valence-corrected chi connectivity index (χ2v) is 6.24. The molecule has 0 N–H and O–H groups in total. The zero-order chi connectivity index (χ0) is 14.1. The largest absolute Gasteiger partial charge is 0.344 e. The number of nitrogens with zero attached hydrogens (tertiary/aromatic N) is 1. The molecule has 0 fully saturated rings. The first-order chi connectivity index (χ1) is 9.70. The van der Waals surface area contributed by atoms with Crippen LogP contribution < -0.4 is 4.90 Å². The molecule has 0 unspecified atom stereocenters. The fourth-order valence-corrected chi connectivity index (χ4v) is 3.37. The van der Waals surface area contributed by atoms with Gasteiger partial charge in [0.1, 0.15) is 0 Å². The minimum Gasteiger partial charge on any atom is -0.344 e. The van der Waals surface area contributed by atoms with Gasteiger partial charge in [0.25, 0.3) is 0 Å². The van der Waals surface area contributed by atoms with E-state index in [0.29, 0.717) is 6.42 Å².